The van der Waals surface area contributed by atoms with Crippen LogP contribution in [-0.2, 0) is 11.8 Å². The summed E-state index contributed by atoms with van der Waals surface area (Å²) < 4.78 is 4.87. The Balaban J connectivity index is 1.08. The van der Waals surface area contributed by atoms with Gasteiger partial charge >= 0.3 is 0 Å². The summed E-state index contributed by atoms with van der Waals surface area (Å²) >= 11 is 0. The molecule has 0 fully saturated rings. The molecule has 1 aliphatic carbocycles. The largest absolute Gasteiger partial charge is 0.309 e. The number of nitrogens with zero attached hydrogens (tertiary/aromatic N) is 2. The maximum atomic E-state index is 4.85. The van der Waals surface area contributed by atoms with Gasteiger partial charge in [0.15, 0.2) is 0 Å². The van der Waals surface area contributed by atoms with Crippen LogP contribution in [0.4, 0.5) is 0 Å². The molecule has 0 aliphatic heterocycles. The third-order valence-electron chi connectivity index (χ3n) is 13.4. The van der Waals surface area contributed by atoms with E-state index in [9.17, 15) is 0 Å². The van der Waals surface area contributed by atoms with E-state index in [1.165, 1.54) is 88.1 Å². The third kappa shape index (κ3) is 5.95. The van der Waals surface area contributed by atoms with Crippen LogP contribution in [0, 0.1) is 0 Å². The molecule has 1 unspecified atom stereocenters. The average Bonchev–Trinajstić information content (AvgIpc) is 3.89. The molecule has 0 spiro atoms. The monoisotopic (exact) mass is 816 g/mol. The summed E-state index contributed by atoms with van der Waals surface area (Å²) in [7, 11) is 0. The topological polar surface area (TPSA) is 9.86 Å². The molecule has 0 radical (unpaired) electrons. The van der Waals surface area contributed by atoms with E-state index in [-0.39, 0.29) is 0 Å². The van der Waals surface area contributed by atoms with Crippen LogP contribution in [0.15, 0.2) is 255 Å². The van der Waals surface area contributed by atoms with Crippen LogP contribution in [0.5, 0.6) is 0 Å². The smallest absolute Gasteiger partial charge is 0.0698 e. The van der Waals surface area contributed by atoms with Crippen molar-refractivity contribution in [2.75, 3.05) is 0 Å². The molecule has 0 amide bonds. The number of hydrogen-bond acceptors (Lipinski definition) is 0. The lowest BCUT2D eigenvalue weighted by Crippen LogP contribution is -2.32. The van der Waals surface area contributed by atoms with Crippen molar-refractivity contribution in [3.63, 3.8) is 0 Å². The highest BCUT2D eigenvalue weighted by molar-refractivity contribution is 6.12. The second kappa shape index (κ2) is 15.3. The van der Waals surface area contributed by atoms with Crippen LogP contribution in [0.25, 0.3) is 77.2 Å². The van der Waals surface area contributed by atoms with Gasteiger partial charge < -0.3 is 9.13 Å². The Labute approximate surface area is 373 Å². The molecule has 1 aliphatic rings. The summed E-state index contributed by atoms with van der Waals surface area (Å²) in [5.41, 5.74) is 17.1. The SMILES string of the molecule is C=C1/C=C\C=C/Cc2ccccc2C1(c1ccccc1)c1ccc2c(c1)c1ccc(-c3ccc4c5ccccc5n(-c5cccc(-c6ccccc6)c5)c4c3)cc1n2-c1ccccc1. The van der Waals surface area contributed by atoms with E-state index in [2.05, 4.69) is 252 Å². The second-order valence-electron chi connectivity index (χ2n) is 16.9. The van der Waals surface area contributed by atoms with Gasteiger partial charge in [0.05, 0.1) is 27.5 Å². The number of benzene rings is 9. The number of hydrogen-bond donors (Lipinski definition) is 0. The lowest BCUT2D eigenvalue weighted by Gasteiger charge is -2.38. The summed E-state index contributed by atoms with van der Waals surface area (Å²) in [5.74, 6) is 0. The molecule has 9 aromatic carbocycles. The quantitative estimate of drug-likeness (QED) is 0.158. The molecule has 0 saturated heterocycles. The zero-order valence-electron chi connectivity index (χ0n) is 35.4. The van der Waals surface area contributed by atoms with E-state index in [0.717, 1.165) is 23.4 Å². The minimum absolute atomic E-state index is 0.621. The van der Waals surface area contributed by atoms with Crippen molar-refractivity contribution in [2.24, 2.45) is 0 Å². The molecule has 2 nitrogen and oxygen atoms in total. The summed E-state index contributed by atoms with van der Waals surface area (Å²) in [6.45, 7) is 4.85. The molecule has 1 atom stereocenters. The highest BCUT2D eigenvalue weighted by Gasteiger charge is 2.40. The number of allylic oxidation sites excluding steroid dienone is 5. The van der Waals surface area contributed by atoms with Gasteiger partial charge in [-0.25, -0.2) is 0 Å². The van der Waals surface area contributed by atoms with Crippen LogP contribution in [0.1, 0.15) is 22.3 Å². The van der Waals surface area contributed by atoms with Crippen molar-refractivity contribution in [1.82, 2.24) is 9.13 Å². The molecule has 64 heavy (non-hydrogen) atoms. The summed E-state index contributed by atoms with van der Waals surface area (Å²) in [4.78, 5) is 0. The Morgan fingerprint density at radius 2 is 0.953 bits per heavy atom. The van der Waals surface area contributed by atoms with E-state index in [1.807, 2.05) is 0 Å². The second-order valence-corrected chi connectivity index (χ2v) is 16.9. The Kier molecular flexibility index (Phi) is 8.98. The first-order valence-electron chi connectivity index (χ1n) is 22.2. The van der Waals surface area contributed by atoms with Crippen molar-refractivity contribution in [3.05, 3.63) is 277 Å². The number of fused-ring (bicyclic) bond motifs is 7. The molecular formula is C62H44N2. The van der Waals surface area contributed by atoms with Gasteiger partial charge in [-0.3, -0.25) is 0 Å². The molecule has 2 aromatic heterocycles. The lowest BCUT2D eigenvalue weighted by molar-refractivity contribution is 0.738. The van der Waals surface area contributed by atoms with Gasteiger partial charge in [0.2, 0.25) is 0 Å². The van der Waals surface area contributed by atoms with Crippen molar-refractivity contribution >= 4 is 43.6 Å². The Morgan fingerprint density at radius 3 is 1.73 bits per heavy atom. The van der Waals surface area contributed by atoms with Crippen LogP contribution < -0.4 is 0 Å². The average molecular weight is 817 g/mol. The fraction of sp³-hybridized carbons (Fsp3) is 0.0323. The Morgan fingerprint density at radius 1 is 0.375 bits per heavy atom. The van der Waals surface area contributed by atoms with Crippen molar-refractivity contribution < 1.29 is 0 Å². The van der Waals surface area contributed by atoms with Gasteiger partial charge in [-0.05, 0) is 111 Å². The van der Waals surface area contributed by atoms with Crippen LogP contribution in [-0.4, -0.2) is 9.13 Å². The molecule has 0 N–H and O–H groups in total. The molecule has 12 rings (SSSR count). The van der Waals surface area contributed by atoms with E-state index >= 15 is 0 Å². The molecule has 0 bridgehead atoms. The molecular weight excluding hydrogens is 773 g/mol. The Hall–Kier alpha value is -8.20. The van der Waals surface area contributed by atoms with Gasteiger partial charge in [0, 0.05) is 32.9 Å². The van der Waals surface area contributed by atoms with Gasteiger partial charge in [-0.2, -0.15) is 0 Å². The maximum absolute atomic E-state index is 4.85. The van der Waals surface area contributed by atoms with Crippen LogP contribution >= 0.6 is 0 Å². The summed E-state index contributed by atoms with van der Waals surface area (Å²) in [6.07, 6.45) is 9.58. The number of rotatable bonds is 6. The standard InChI is InChI=1S/C62H44N2/c1-43-19-6-2-9-22-45-23-14-16-31-57(45)62(43,49-25-10-4-11-26-49)50-35-38-59-56(42-50)55-37-34-48(41-61(55)63(59)51-27-12-5-13-28-51)47-33-36-54-53-30-15-17-32-58(53)64(60(54)40-47)52-29-18-24-46(39-52)44-20-7-3-8-21-44/h2-21,23-42H,1,22H2/b9-2-,19-6-. The highest BCUT2D eigenvalue weighted by Crippen LogP contribution is 2.49. The van der Waals surface area contributed by atoms with E-state index in [4.69, 9.17) is 6.58 Å². The normalized spacial score (nSPS) is 16.1. The number of para-hydroxylation sites is 2. The first-order chi connectivity index (χ1) is 31.7. The molecule has 302 valence electrons. The van der Waals surface area contributed by atoms with Crippen LogP contribution in [0.3, 0.4) is 0 Å². The first kappa shape index (κ1) is 37.6. The summed E-state index contributed by atoms with van der Waals surface area (Å²) in [6, 6.07) is 80.1. The van der Waals surface area contributed by atoms with E-state index in [1.54, 1.807) is 0 Å². The first-order valence-corrected chi connectivity index (χ1v) is 22.2. The fourth-order valence-electron chi connectivity index (χ4n) is 10.5. The maximum Gasteiger partial charge on any atom is 0.0698 e. The molecule has 2 heteroatoms. The van der Waals surface area contributed by atoms with E-state index < -0.39 is 5.41 Å². The van der Waals surface area contributed by atoms with Crippen molar-refractivity contribution in [1.29, 1.82) is 0 Å². The molecule has 0 saturated carbocycles. The third-order valence-corrected chi connectivity index (χ3v) is 13.4. The summed E-state index contributed by atoms with van der Waals surface area (Å²) in [5, 5.41) is 4.90. The van der Waals surface area contributed by atoms with Gasteiger partial charge in [-0.1, -0.05) is 195 Å². The van der Waals surface area contributed by atoms with Gasteiger partial charge in [0.25, 0.3) is 0 Å². The zero-order valence-corrected chi connectivity index (χ0v) is 35.4. The molecule has 11 aromatic rings. The predicted octanol–water partition coefficient (Wildman–Crippen LogP) is 15.8. The Bertz CT molecular complexity index is 3640. The zero-order chi connectivity index (χ0) is 42.6. The lowest BCUT2D eigenvalue weighted by atomic mass is 9.63. The number of aromatic nitrogens is 2. The fourth-order valence-corrected chi connectivity index (χ4v) is 10.5. The highest BCUT2D eigenvalue weighted by atomic mass is 15.0. The van der Waals surface area contributed by atoms with Gasteiger partial charge in [-0.15, -0.1) is 0 Å². The van der Waals surface area contributed by atoms with Crippen molar-refractivity contribution in [2.45, 2.75) is 11.8 Å². The minimum atomic E-state index is -0.621. The van der Waals surface area contributed by atoms with E-state index in [0.29, 0.717) is 0 Å². The minimum Gasteiger partial charge on any atom is -0.309 e. The van der Waals surface area contributed by atoms with Crippen LogP contribution in [0.2, 0.25) is 0 Å². The van der Waals surface area contributed by atoms with Gasteiger partial charge in [0.1, 0.15) is 0 Å². The molecule has 2 heterocycles. The van der Waals surface area contributed by atoms with Crippen molar-refractivity contribution in [3.8, 4) is 33.6 Å². The predicted molar refractivity (Wildman–Crippen MR) is 270 cm³/mol.